The first-order chi connectivity index (χ1) is 7.47. The average molecular weight is 249 g/mol. The second kappa shape index (κ2) is 6.20. The van der Waals surface area contributed by atoms with Crippen molar-refractivity contribution < 1.29 is 17.9 Å². The second-order valence-corrected chi connectivity index (χ2v) is 6.43. The number of carbonyl (C=O) groups is 1. The number of ether oxygens (including phenoxy) is 1. The standard InChI is InChI=1S/C10H19NO4S/c1-16(13,14)7-5-11-10(12)8-9-4-2-3-6-15-9/h9H,2-8H2,1H3,(H,11,12). The van der Waals surface area contributed by atoms with Gasteiger partial charge in [-0.25, -0.2) is 8.42 Å². The zero-order valence-corrected chi connectivity index (χ0v) is 10.4. The van der Waals surface area contributed by atoms with Crippen LogP contribution < -0.4 is 5.32 Å². The highest BCUT2D eigenvalue weighted by molar-refractivity contribution is 7.90. The molecule has 0 aromatic heterocycles. The molecule has 1 fully saturated rings. The molecule has 1 unspecified atom stereocenters. The molecule has 1 aliphatic rings. The number of hydrogen-bond donors (Lipinski definition) is 1. The predicted molar refractivity (Wildman–Crippen MR) is 60.9 cm³/mol. The van der Waals surface area contributed by atoms with Crippen molar-refractivity contribution in [3.8, 4) is 0 Å². The zero-order valence-electron chi connectivity index (χ0n) is 9.57. The topological polar surface area (TPSA) is 72.5 Å². The summed E-state index contributed by atoms with van der Waals surface area (Å²) in [6.07, 6.45) is 4.58. The summed E-state index contributed by atoms with van der Waals surface area (Å²) in [6, 6.07) is 0. The summed E-state index contributed by atoms with van der Waals surface area (Å²) in [5.41, 5.74) is 0. The fraction of sp³-hybridized carbons (Fsp3) is 0.900. The van der Waals surface area contributed by atoms with E-state index in [2.05, 4.69) is 5.32 Å². The van der Waals surface area contributed by atoms with E-state index in [1.165, 1.54) is 0 Å². The molecule has 5 nitrogen and oxygen atoms in total. The van der Waals surface area contributed by atoms with Crippen LogP contribution in [-0.4, -0.2) is 45.6 Å². The molecule has 0 spiro atoms. The van der Waals surface area contributed by atoms with Crippen LogP contribution in [0.15, 0.2) is 0 Å². The van der Waals surface area contributed by atoms with Crippen LogP contribution in [0.2, 0.25) is 0 Å². The summed E-state index contributed by atoms with van der Waals surface area (Å²) >= 11 is 0. The van der Waals surface area contributed by atoms with Crippen LogP contribution in [-0.2, 0) is 19.4 Å². The molecule has 0 aliphatic carbocycles. The molecule has 1 saturated heterocycles. The van der Waals surface area contributed by atoms with E-state index in [9.17, 15) is 13.2 Å². The third-order valence-electron chi connectivity index (χ3n) is 2.48. The Morgan fingerprint density at radius 1 is 1.44 bits per heavy atom. The number of sulfone groups is 1. The van der Waals surface area contributed by atoms with E-state index in [1.54, 1.807) is 0 Å². The molecule has 0 aromatic carbocycles. The fourth-order valence-electron chi connectivity index (χ4n) is 1.62. The molecule has 16 heavy (non-hydrogen) atoms. The van der Waals surface area contributed by atoms with Gasteiger partial charge in [-0.15, -0.1) is 0 Å². The lowest BCUT2D eigenvalue weighted by molar-refractivity contribution is -0.124. The van der Waals surface area contributed by atoms with Crippen LogP contribution in [0.5, 0.6) is 0 Å². The Bertz CT molecular complexity index is 320. The quantitative estimate of drug-likeness (QED) is 0.750. The number of nitrogens with one attached hydrogen (secondary N) is 1. The van der Waals surface area contributed by atoms with Crippen molar-refractivity contribution >= 4 is 15.7 Å². The summed E-state index contributed by atoms with van der Waals surface area (Å²) in [4.78, 5) is 11.4. The Kier molecular flexibility index (Phi) is 5.21. The van der Waals surface area contributed by atoms with Gasteiger partial charge in [0.15, 0.2) is 0 Å². The molecule has 1 rings (SSSR count). The molecule has 0 aromatic rings. The third kappa shape index (κ3) is 6.07. The summed E-state index contributed by atoms with van der Waals surface area (Å²) in [7, 11) is -3.00. The van der Waals surface area contributed by atoms with Gasteiger partial charge >= 0.3 is 0 Å². The van der Waals surface area contributed by atoms with Gasteiger partial charge in [0.25, 0.3) is 0 Å². The third-order valence-corrected chi connectivity index (χ3v) is 3.43. The number of carbonyl (C=O) groups excluding carboxylic acids is 1. The van der Waals surface area contributed by atoms with E-state index in [0.29, 0.717) is 6.42 Å². The minimum absolute atomic E-state index is 0.00647. The maximum Gasteiger partial charge on any atom is 0.222 e. The number of rotatable bonds is 5. The average Bonchev–Trinajstić information content (AvgIpc) is 2.17. The maximum atomic E-state index is 11.4. The van der Waals surface area contributed by atoms with Gasteiger partial charge in [-0.2, -0.15) is 0 Å². The summed E-state index contributed by atoms with van der Waals surface area (Å²) in [6.45, 7) is 0.908. The molecule has 1 N–H and O–H groups in total. The smallest absolute Gasteiger partial charge is 0.222 e. The molecule has 1 atom stereocenters. The van der Waals surface area contributed by atoms with E-state index < -0.39 is 9.84 Å². The molecule has 1 amide bonds. The Morgan fingerprint density at radius 3 is 2.75 bits per heavy atom. The van der Waals surface area contributed by atoms with E-state index in [1.807, 2.05) is 0 Å². The molecular weight excluding hydrogens is 230 g/mol. The van der Waals surface area contributed by atoms with Crippen molar-refractivity contribution in [1.82, 2.24) is 5.32 Å². The van der Waals surface area contributed by atoms with Crippen molar-refractivity contribution in [1.29, 1.82) is 0 Å². The van der Waals surface area contributed by atoms with Crippen LogP contribution >= 0.6 is 0 Å². The van der Waals surface area contributed by atoms with Gasteiger partial charge in [0.05, 0.1) is 18.3 Å². The zero-order chi connectivity index (χ0) is 12.0. The Labute approximate surface area is 96.5 Å². The summed E-state index contributed by atoms with van der Waals surface area (Å²) in [5, 5.41) is 2.59. The summed E-state index contributed by atoms with van der Waals surface area (Å²) < 4.78 is 27.1. The number of amides is 1. The van der Waals surface area contributed by atoms with Crippen molar-refractivity contribution in [2.75, 3.05) is 25.2 Å². The molecule has 0 saturated carbocycles. The van der Waals surface area contributed by atoms with Crippen molar-refractivity contribution in [3.05, 3.63) is 0 Å². The van der Waals surface area contributed by atoms with Gasteiger partial charge in [0.2, 0.25) is 5.91 Å². The SMILES string of the molecule is CS(=O)(=O)CCNC(=O)CC1CCCCO1. The van der Waals surface area contributed by atoms with Crippen molar-refractivity contribution in [2.45, 2.75) is 31.8 Å². The van der Waals surface area contributed by atoms with Gasteiger partial charge in [0, 0.05) is 19.4 Å². The lowest BCUT2D eigenvalue weighted by Crippen LogP contribution is -2.33. The molecule has 0 bridgehead atoms. The van der Waals surface area contributed by atoms with Crippen LogP contribution in [0.1, 0.15) is 25.7 Å². The Morgan fingerprint density at radius 2 is 2.19 bits per heavy atom. The van der Waals surface area contributed by atoms with E-state index >= 15 is 0 Å². The van der Waals surface area contributed by atoms with E-state index in [0.717, 1.165) is 32.1 Å². The van der Waals surface area contributed by atoms with Gasteiger partial charge < -0.3 is 10.1 Å². The first-order valence-electron chi connectivity index (χ1n) is 5.53. The van der Waals surface area contributed by atoms with Gasteiger partial charge in [-0.3, -0.25) is 4.79 Å². The van der Waals surface area contributed by atoms with Crippen LogP contribution in [0.4, 0.5) is 0 Å². The van der Waals surface area contributed by atoms with Crippen LogP contribution in [0, 0.1) is 0 Å². The first-order valence-corrected chi connectivity index (χ1v) is 7.59. The normalized spacial score (nSPS) is 21.7. The molecule has 1 aliphatic heterocycles. The van der Waals surface area contributed by atoms with E-state index in [4.69, 9.17) is 4.74 Å². The second-order valence-electron chi connectivity index (χ2n) is 4.17. The van der Waals surface area contributed by atoms with Gasteiger partial charge in [0.1, 0.15) is 9.84 Å². The largest absolute Gasteiger partial charge is 0.378 e. The molecule has 94 valence electrons. The highest BCUT2D eigenvalue weighted by Gasteiger charge is 2.17. The van der Waals surface area contributed by atoms with Gasteiger partial charge in [-0.05, 0) is 19.3 Å². The van der Waals surface area contributed by atoms with Crippen LogP contribution in [0.25, 0.3) is 0 Å². The predicted octanol–water partition coefficient (Wildman–Crippen LogP) is 0.106. The van der Waals surface area contributed by atoms with E-state index in [-0.39, 0.29) is 24.3 Å². The molecule has 0 radical (unpaired) electrons. The monoisotopic (exact) mass is 249 g/mol. The fourth-order valence-corrected chi connectivity index (χ4v) is 2.10. The summed E-state index contributed by atoms with van der Waals surface area (Å²) in [5.74, 6) is -0.139. The van der Waals surface area contributed by atoms with Crippen molar-refractivity contribution in [3.63, 3.8) is 0 Å². The van der Waals surface area contributed by atoms with Gasteiger partial charge in [-0.1, -0.05) is 0 Å². The minimum atomic E-state index is -3.00. The maximum absolute atomic E-state index is 11.4. The van der Waals surface area contributed by atoms with Crippen LogP contribution in [0.3, 0.4) is 0 Å². The Hall–Kier alpha value is -0.620. The Balaban J connectivity index is 2.15. The minimum Gasteiger partial charge on any atom is -0.378 e. The highest BCUT2D eigenvalue weighted by Crippen LogP contribution is 2.15. The molecule has 6 heteroatoms. The first kappa shape index (κ1) is 13.4. The number of hydrogen-bond acceptors (Lipinski definition) is 4. The molecular formula is C10H19NO4S. The lowest BCUT2D eigenvalue weighted by atomic mass is 10.1. The van der Waals surface area contributed by atoms with Crippen molar-refractivity contribution in [2.24, 2.45) is 0 Å². The lowest BCUT2D eigenvalue weighted by Gasteiger charge is -2.21. The highest BCUT2D eigenvalue weighted by atomic mass is 32.2. The molecule has 1 heterocycles.